The number of nitrogens with one attached hydrogen (secondary N) is 1. The summed E-state index contributed by atoms with van der Waals surface area (Å²) in [6.07, 6.45) is -0.588. The molecule has 0 aromatic heterocycles. The number of para-hydroxylation sites is 1. The van der Waals surface area contributed by atoms with Crippen LogP contribution in [-0.4, -0.2) is 33.2 Å². The zero-order valence-corrected chi connectivity index (χ0v) is 18.7. The molecule has 1 N–H and O–H groups in total. The number of benzene rings is 3. The minimum absolute atomic E-state index is 0.194. The van der Waals surface area contributed by atoms with Crippen molar-refractivity contribution in [3.63, 3.8) is 0 Å². The molecule has 170 valence electrons. The highest BCUT2D eigenvalue weighted by Crippen LogP contribution is 2.43. The third-order valence-electron chi connectivity index (χ3n) is 5.33. The van der Waals surface area contributed by atoms with E-state index in [9.17, 15) is 9.59 Å². The summed E-state index contributed by atoms with van der Waals surface area (Å²) in [5, 5.41) is 3.44. The fourth-order valence-corrected chi connectivity index (χ4v) is 3.81. The summed E-state index contributed by atoms with van der Waals surface area (Å²) in [4.78, 5) is 26.8. The minimum Gasteiger partial charge on any atom is -0.497 e. The zero-order valence-electron chi connectivity index (χ0n) is 18.7. The third kappa shape index (κ3) is 4.15. The maximum absolute atomic E-state index is 13.7. The Morgan fingerprint density at radius 3 is 2.33 bits per heavy atom. The topological polar surface area (TPSA) is 86.3 Å². The lowest BCUT2D eigenvalue weighted by atomic mass is 10.0. The lowest BCUT2D eigenvalue weighted by Gasteiger charge is -2.38. The van der Waals surface area contributed by atoms with Gasteiger partial charge in [-0.2, -0.15) is 0 Å². The minimum atomic E-state index is -0.588. The SMILES string of the molecule is COc1ccc(N2C(=O)c3ccccc3NC2c2ccc(OC(C)=O)c(OC)c2)c(OC)c1. The first-order valence-corrected chi connectivity index (χ1v) is 10.2. The normalized spacial score (nSPS) is 14.7. The van der Waals surface area contributed by atoms with Gasteiger partial charge in [-0.1, -0.05) is 18.2 Å². The Morgan fingerprint density at radius 2 is 1.64 bits per heavy atom. The van der Waals surface area contributed by atoms with Gasteiger partial charge in [0.2, 0.25) is 0 Å². The van der Waals surface area contributed by atoms with Crippen LogP contribution < -0.4 is 29.2 Å². The number of methoxy groups -OCH3 is 3. The first-order valence-electron chi connectivity index (χ1n) is 10.2. The first-order chi connectivity index (χ1) is 16.0. The summed E-state index contributed by atoms with van der Waals surface area (Å²) in [6.45, 7) is 1.32. The molecule has 3 aromatic rings. The number of fused-ring (bicyclic) bond motifs is 1. The van der Waals surface area contributed by atoms with Gasteiger partial charge in [0, 0.05) is 18.7 Å². The number of rotatable bonds is 6. The number of carbonyl (C=O) groups is 2. The standard InChI is InChI=1S/C25H24N2O6/c1-15(28)33-21-12-9-16(13-23(21)32-4)24-26-19-8-6-5-7-18(19)25(29)27(24)20-11-10-17(30-2)14-22(20)31-3/h5-14,24,26H,1-4H3. The van der Waals surface area contributed by atoms with Crippen LogP contribution in [0, 0.1) is 0 Å². The van der Waals surface area contributed by atoms with Gasteiger partial charge in [-0.15, -0.1) is 0 Å². The Labute approximate surface area is 191 Å². The van der Waals surface area contributed by atoms with Gasteiger partial charge in [-0.05, 0) is 42.0 Å². The molecule has 0 fully saturated rings. The number of anilines is 2. The summed E-state index contributed by atoms with van der Waals surface area (Å²) in [5.74, 6) is 1.11. The molecule has 0 saturated heterocycles. The summed E-state index contributed by atoms with van der Waals surface area (Å²) in [5.41, 5.74) is 2.54. The Bertz CT molecular complexity index is 1210. The first kappa shape index (κ1) is 22.0. The van der Waals surface area contributed by atoms with E-state index in [-0.39, 0.29) is 5.91 Å². The van der Waals surface area contributed by atoms with Crippen molar-refractivity contribution in [3.05, 3.63) is 71.8 Å². The smallest absolute Gasteiger partial charge is 0.308 e. The molecular formula is C25H24N2O6. The van der Waals surface area contributed by atoms with E-state index in [0.29, 0.717) is 39.9 Å². The molecule has 0 radical (unpaired) electrons. The largest absolute Gasteiger partial charge is 0.497 e. The van der Waals surface area contributed by atoms with E-state index in [1.807, 2.05) is 18.2 Å². The maximum atomic E-state index is 13.7. The lowest BCUT2D eigenvalue weighted by molar-refractivity contribution is -0.132. The van der Waals surface area contributed by atoms with Crippen LogP contribution in [0.15, 0.2) is 60.7 Å². The molecule has 1 atom stereocenters. The lowest BCUT2D eigenvalue weighted by Crippen LogP contribution is -2.43. The summed E-state index contributed by atoms with van der Waals surface area (Å²) >= 11 is 0. The molecule has 0 aliphatic carbocycles. The van der Waals surface area contributed by atoms with E-state index in [1.165, 1.54) is 14.0 Å². The van der Waals surface area contributed by atoms with Crippen LogP contribution in [0.4, 0.5) is 11.4 Å². The maximum Gasteiger partial charge on any atom is 0.308 e. The van der Waals surface area contributed by atoms with Crippen molar-refractivity contribution in [2.45, 2.75) is 13.1 Å². The number of nitrogens with zero attached hydrogens (tertiary/aromatic N) is 1. The van der Waals surface area contributed by atoms with Crippen LogP contribution in [0.1, 0.15) is 29.0 Å². The van der Waals surface area contributed by atoms with Crippen molar-refractivity contribution in [2.24, 2.45) is 0 Å². The zero-order chi connectivity index (χ0) is 23.5. The van der Waals surface area contributed by atoms with Gasteiger partial charge in [0.15, 0.2) is 11.5 Å². The number of amides is 1. The molecule has 0 saturated carbocycles. The fraction of sp³-hybridized carbons (Fsp3) is 0.200. The van der Waals surface area contributed by atoms with Gasteiger partial charge < -0.3 is 24.3 Å². The van der Waals surface area contributed by atoms with E-state index in [4.69, 9.17) is 18.9 Å². The van der Waals surface area contributed by atoms with Crippen LogP contribution >= 0.6 is 0 Å². The average molecular weight is 448 g/mol. The number of esters is 1. The van der Waals surface area contributed by atoms with Gasteiger partial charge in [-0.3, -0.25) is 14.5 Å². The van der Waals surface area contributed by atoms with E-state index in [1.54, 1.807) is 61.6 Å². The van der Waals surface area contributed by atoms with Crippen LogP contribution in [0.5, 0.6) is 23.0 Å². The average Bonchev–Trinajstić information content (AvgIpc) is 2.83. The second-order valence-corrected chi connectivity index (χ2v) is 7.31. The van der Waals surface area contributed by atoms with E-state index in [0.717, 1.165) is 5.56 Å². The summed E-state index contributed by atoms with van der Waals surface area (Å²) < 4.78 is 21.6. The predicted octanol–water partition coefficient (Wildman–Crippen LogP) is 4.41. The Balaban J connectivity index is 1.86. The molecule has 1 heterocycles. The van der Waals surface area contributed by atoms with Crippen molar-refractivity contribution in [1.82, 2.24) is 0 Å². The molecule has 4 rings (SSSR count). The van der Waals surface area contributed by atoms with Gasteiger partial charge >= 0.3 is 5.97 Å². The highest BCUT2D eigenvalue weighted by atomic mass is 16.6. The Kier molecular flexibility index (Phi) is 6.08. The number of hydrogen-bond donors (Lipinski definition) is 1. The summed E-state index contributed by atoms with van der Waals surface area (Å²) in [7, 11) is 4.60. The van der Waals surface area contributed by atoms with Gasteiger partial charge in [0.1, 0.15) is 17.7 Å². The molecule has 8 nitrogen and oxygen atoms in total. The molecule has 1 unspecified atom stereocenters. The summed E-state index contributed by atoms with van der Waals surface area (Å²) in [6, 6.07) is 17.7. The molecule has 0 bridgehead atoms. The fourth-order valence-electron chi connectivity index (χ4n) is 3.81. The van der Waals surface area contributed by atoms with E-state index < -0.39 is 12.1 Å². The second kappa shape index (κ2) is 9.12. The molecule has 1 aliphatic rings. The molecule has 0 spiro atoms. The number of hydrogen-bond acceptors (Lipinski definition) is 7. The molecule has 33 heavy (non-hydrogen) atoms. The second-order valence-electron chi connectivity index (χ2n) is 7.31. The van der Waals surface area contributed by atoms with Crippen molar-refractivity contribution < 1.29 is 28.5 Å². The highest BCUT2D eigenvalue weighted by molar-refractivity contribution is 6.12. The van der Waals surface area contributed by atoms with E-state index >= 15 is 0 Å². The Morgan fingerprint density at radius 1 is 0.879 bits per heavy atom. The van der Waals surface area contributed by atoms with Crippen molar-refractivity contribution in [2.75, 3.05) is 31.5 Å². The monoisotopic (exact) mass is 448 g/mol. The van der Waals surface area contributed by atoms with Crippen LogP contribution in [0.3, 0.4) is 0 Å². The number of carbonyl (C=O) groups excluding carboxylic acids is 2. The molecule has 3 aromatic carbocycles. The Hall–Kier alpha value is -4.20. The van der Waals surface area contributed by atoms with Crippen molar-refractivity contribution in [1.29, 1.82) is 0 Å². The van der Waals surface area contributed by atoms with Gasteiger partial charge in [-0.25, -0.2) is 0 Å². The van der Waals surface area contributed by atoms with Gasteiger partial charge in [0.25, 0.3) is 5.91 Å². The molecule has 8 heteroatoms. The molecular weight excluding hydrogens is 424 g/mol. The predicted molar refractivity (Wildman–Crippen MR) is 123 cm³/mol. The van der Waals surface area contributed by atoms with E-state index in [2.05, 4.69) is 5.32 Å². The van der Waals surface area contributed by atoms with Crippen molar-refractivity contribution in [3.8, 4) is 23.0 Å². The third-order valence-corrected chi connectivity index (χ3v) is 5.33. The number of ether oxygens (including phenoxy) is 4. The highest BCUT2D eigenvalue weighted by Gasteiger charge is 2.36. The van der Waals surface area contributed by atoms with Crippen LogP contribution in [0.2, 0.25) is 0 Å². The van der Waals surface area contributed by atoms with Crippen LogP contribution in [0.25, 0.3) is 0 Å². The quantitative estimate of drug-likeness (QED) is 0.442. The molecule has 1 amide bonds. The molecule has 1 aliphatic heterocycles. The van der Waals surface area contributed by atoms with Crippen molar-refractivity contribution >= 4 is 23.3 Å². The van der Waals surface area contributed by atoms with Crippen LogP contribution in [-0.2, 0) is 4.79 Å². The van der Waals surface area contributed by atoms with Gasteiger partial charge in [0.05, 0.1) is 32.6 Å².